The molecule has 60 heavy (non-hydrogen) atoms. The van der Waals surface area contributed by atoms with Gasteiger partial charge in [0.25, 0.3) is 0 Å². The first-order valence-electron chi connectivity index (χ1n) is 21.4. The van der Waals surface area contributed by atoms with Gasteiger partial charge in [-0.1, -0.05) is 157 Å². The van der Waals surface area contributed by atoms with Crippen molar-refractivity contribution in [2.24, 2.45) is 0 Å². The summed E-state index contributed by atoms with van der Waals surface area (Å²) in [7, 11) is 0. The van der Waals surface area contributed by atoms with Gasteiger partial charge >= 0.3 is 0 Å². The Morgan fingerprint density at radius 2 is 1.13 bits per heavy atom. The van der Waals surface area contributed by atoms with E-state index in [1.54, 1.807) is 0 Å². The van der Waals surface area contributed by atoms with Crippen LogP contribution in [0.2, 0.25) is 0 Å². The molecule has 0 N–H and O–H groups in total. The summed E-state index contributed by atoms with van der Waals surface area (Å²) < 4.78 is 12.8. The van der Waals surface area contributed by atoms with E-state index in [0.717, 1.165) is 107 Å². The van der Waals surface area contributed by atoms with Crippen molar-refractivity contribution in [1.82, 2.24) is 0 Å². The van der Waals surface area contributed by atoms with E-state index < -0.39 is 0 Å². The molecular formula is C57H55NO2. The molecule has 3 heteroatoms. The zero-order chi connectivity index (χ0) is 42.8. The summed E-state index contributed by atoms with van der Waals surface area (Å²) in [5, 5.41) is 12.3. The molecule has 2 heterocycles. The van der Waals surface area contributed by atoms with Crippen LogP contribution in [-0.2, 0) is 6.42 Å². The molecule has 8 aromatic rings. The number of benzene rings is 6. The minimum Gasteiger partial charge on any atom is -0.456 e. The first-order valence-corrected chi connectivity index (χ1v) is 21.4. The van der Waals surface area contributed by atoms with Crippen LogP contribution >= 0.6 is 0 Å². The van der Waals surface area contributed by atoms with Gasteiger partial charge in [-0.3, -0.25) is 0 Å². The number of para-hydroxylation sites is 2. The van der Waals surface area contributed by atoms with Crippen LogP contribution in [-0.4, -0.2) is 0 Å². The number of allylic oxidation sites excluding steroid dienone is 2. The van der Waals surface area contributed by atoms with Crippen LogP contribution < -0.4 is 0 Å². The standard InChI is InChI=1S/C51H37NO2.3C2H6/c1-4-11-48-42(5-2)46-17-9-15-43(50(46)53-48)40-25-32(3)24-38(29-40)35-22-20-34(21-23-35)36-12-8-13-37(28-36)39-26-33(31-52)27-41(30-39)44-16-10-18-47-45-14-6-7-19-49(45)54-51(44)47;3*1-2/h4-5,7-13,15-30H,2,6,14H2,1,3H3;3*1-2H3/b11-4-;;;. The fourth-order valence-electron chi connectivity index (χ4n) is 7.95. The largest absolute Gasteiger partial charge is 0.456 e. The fourth-order valence-corrected chi connectivity index (χ4v) is 7.95. The quantitative estimate of drug-likeness (QED) is 0.162. The van der Waals surface area contributed by atoms with Gasteiger partial charge in [-0.15, -0.1) is 0 Å². The number of aryl methyl sites for hydroxylation is 2. The first-order chi connectivity index (χ1) is 29.5. The molecule has 1 aliphatic carbocycles. The number of hydrogen-bond donors (Lipinski definition) is 0. The normalized spacial score (nSPS) is 11.4. The molecule has 0 fully saturated rings. The number of fused-ring (bicyclic) bond motifs is 4. The van der Waals surface area contributed by atoms with Crippen molar-refractivity contribution >= 4 is 40.2 Å². The van der Waals surface area contributed by atoms with E-state index in [-0.39, 0.29) is 0 Å². The van der Waals surface area contributed by atoms with Crippen LogP contribution in [0, 0.1) is 18.3 Å². The lowest BCUT2D eigenvalue weighted by Crippen LogP contribution is -1.89. The molecule has 300 valence electrons. The molecule has 0 amide bonds. The van der Waals surface area contributed by atoms with E-state index in [1.165, 1.54) is 11.1 Å². The Hall–Kier alpha value is -6.89. The molecule has 9 rings (SSSR count). The highest BCUT2D eigenvalue weighted by Gasteiger charge is 2.19. The predicted molar refractivity (Wildman–Crippen MR) is 259 cm³/mol. The molecule has 0 atom stereocenters. The third-order valence-corrected chi connectivity index (χ3v) is 10.5. The Balaban J connectivity index is 0.000000964. The van der Waals surface area contributed by atoms with E-state index in [9.17, 15) is 5.26 Å². The average molecular weight is 786 g/mol. The number of nitrogens with zero attached hydrogens (tertiary/aromatic N) is 1. The van der Waals surface area contributed by atoms with Crippen LogP contribution in [0.3, 0.4) is 0 Å². The summed E-state index contributed by atoms with van der Waals surface area (Å²) in [6, 6.07) is 45.2. The van der Waals surface area contributed by atoms with Crippen molar-refractivity contribution < 1.29 is 8.83 Å². The van der Waals surface area contributed by atoms with Crippen molar-refractivity contribution in [3.8, 4) is 61.7 Å². The average Bonchev–Trinajstić information content (AvgIpc) is 3.88. The van der Waals surface area contributed by atoms with Gasteiger partial charge in [0.15, 0.2) is 0 Å². The molecule has 6 aromatic carbocycles. The lowest BCUT2D eigenvalue weighted by Gasteiger charge is -2.11. The third-order valence-electron chi connectivity index (χ3n) is 10.5. The number of nitriles is 1. The van der Waals surface area contributed by atoms with Gasteiger partial charge in [-0.25, -0.2) is 0 Å². The van der Waals surface area contributed by atoms with Gasteiger partial charge in [0, 0.05) is 33.0 Å². The maximum Gasteiger partial charge on any atom is 0.143 e. The topological polar surface area (TPSA) is 50.1 Å². The summed E-state index contributed by atoms with van der Waals surface area (Å²) in [6.45, 7) is 20.2. The SMILES string of the molecule is C=Cc1c(/C=C\C)oc2c(-c3cc(C)cc(-c4ccc(-c5cccc(-c6cc(C#N)cc(-c7cccc8c9c(oc78)C=CCC9)c6)c5)cc4)c3)cccc12.CC.CC.CC. The molecule has 3 nitrogen and oxygen atoms in total. The second-order valence-corrected chi connectivity index (χ2v) is 14.0. The summed E-state index contributed by atoms with van der Waals surface area (Å²) >= 11 is 0. The van der Waals surface area contributed by atoms with Gasteiger partial charge in [0.1, 0.15) is 22.7 Å². The Morgan fingerprint density at radius 3 is 1.78 bits per heavy atom. The van der Waals surface area contributed by atoms with Crippen molar-refractivity contribution in [3.63, 3.8) is 0 Å². The molecule has 0 unspecified atom stereocenters. The molecule has 0 radical (unpaired) electrons. The number of rotatable bonds is 7. The second kappa shape index (κ2) is 19.7. The van der Waals surface area contributed by atoms with E-state index in [0.29, 0.717) is 5.56 Å². The monoisotopic (exact) mass is 785 g/mol. The van der Waals surface area contributed by atoms with Crippen LogP contribution in [0.4, 0.5) is 0 Å². The highest BCUT2D eigenvalue weighted by molar-refractivity contribution is 6.00. The zero-order valence-corrected chi connectivity index (χ0v) is 36.3. The van der Waals surface area contributed by atoms with E-state index >= 15 is 0 Å². The lowest BCUT2D eigenvalue weighted by atomic mass is 9.92. The molecule has 2 aromatic heterocycles. The van der Waals surface area contributed by atoms with Crippen molar-refractivity contribution in [2.75, 3.05) is 0 Å². The minimum absolute atomic E-state index is 0.616. The highest BCUT2D eigenvalue weighted by Crippen LogP contribution is 2.40. The summed E-state index contributed by atoms with van der Waals surface area (Å²) in [4.78, 5) is 0. The van der Waals surface area contributed by atoms with Crippen molar-refractivity contribution in [1.29, 1.82) is 5.26 Å². The molecule has 0 bridgehead atoms. The second-order valence-electron chi connectivity index (χ2n) is 14.0. The van der Waals surface area contributed by atoms with E-state index in [4.69, 9.17) is 8.83 Å². The Labute approximate surface area is 356 Å². The molecular weight excluding hydrogens is 731 g/mol. The van der Waals surface area contributed by atoms with Crippen LogP contribution in [0.5, 0.6) is 0 Å². The molecule has 0 saturated carbocycles. The summed E-state index contributed by atoms with van der Waals surface area (Å²) in [5.41, 5.74) is 16.5. The van der Waals surface area contributed by atoms with Crippen molar-refractivity contribution in [2.45, 2.75) is 68.2 Å². The smallest absolute Gasteiger partial charge is 0.143 e. The first kappa shape index (κ1) is 42.7. The van der Waals surface area contributed by atoms with Crippen molar-refractivity contribution in [3.05, 3.63) is 174 Å². The zero-order valence-electron chi connectivity index (χ0n) is 36.3. The van der Waals surface area contributed by atoms with E-state index in [2.05, 4.69) is 141 Å². The number of furan rings is 2. The minimum atomic E-state index is 0.616. The summed E-state index contributed by atoms with van der Waals surface area (Å²) in [5.74, 6) is 1.76. The van der Waals surface area contributed by atoms with Gasteiger partial charge in [0.05, 0.1) is 11.6 Å². The van der Waals surface area contributed by atoms with Gasteiger partial charge < -0.3 is 8.83 Å². The highest BCUT2D eigenvalue weighted by atomic mass is 16.3. The Bertz CT molecular complexity index is 2870. The molecule has 0 spiro atoms. The predicted octanol–water partition coefficient (Wildman–Crippen LogP) is 17.4. The van der Waals surface area contributed by atoms with Crippen LogP contribution in [0.1, 0.15) is 88.7 Å². The molecule has 1 aliphatic rings. The maximum atomic E-state index is 10.1. The molecule has 0 aliphatic heterocycles. The summed E-state index contributed by atoms with van der Waals surface area (Å²) in [6.07, 6.45) is 12.1. The lowest BCUT2D eigenvalue weighted by molar-refractivity contribution is 0.596. The maximum absolute atomic E-state index is 10.1. The van der Waals surface area contributed by atoms with E-state index in [1.807, 2.05) is 78.8 Å². The number of hydrogen-bond acceptors (Lipinski definition) is 3. The molecule has 0 saturated heterocycles. The third kappa shape index (κ3) is 8.47. The van der Waals surface area contributed by atoms with Gasteiger partial charge in [-0.05, 0) is 119 Å². The Morgan fingerprint density at radius 1 is 0.600 bits per heavy atom. The Kier molecular flexibility index (Phi) is 14.0. The van der Waals surface area contributed by atoms with Crippen LogP contribution in [0.25, 0.3) is 95.8 Å². The fraction of sp³-hybridized carbons (Fsp3) is 0.175. The van der Waals surface area contributed by atoms with Crippen LogP contribution in [0.15, 0.2) is 149 Å². The van der Waals surface area contributed by atoms with Gasteiger partial charge in [0.2, 0.25) is 0 Å². The van der Waals surface area contributed by atoms with Gasteiger partial charge in [-0.2, -0.15) is 5.26 Å².